The van der Waals surface area contributed by atoms with Crippen molar-refractivity contribution in [1.82, 2.24) is 30.0 Å². The van der Waals surface area contributed by atoms with Gasteiger partial charge in [-0.25, -0.2) is 4.98 Å². The zero-order valence-corrected chi connectivity index (χ0v) is 11.3. The topological polar surface area (TPSA) is 85.6 Å². The highest BCUT2D eigenvalue weighted by Gasteiger charge is 2.24. The van der Waals surface area contributed by atoms with E-state index in [1.165, 1.54) is 12.4 Å². The van der Waals surface area contributed by atoms with Gasteiger partial charge in [0.25, 0.3) is 5.91 Å². The SMILES string of the molecule is CCc1nnc2n1CC(NC(=O)c1cnccn1)CC2. The summed E-state index contributed by atoms with van der Waals surface area (Å²) in [5.74, 6) is 1.79. The number of hydrogen-bond acceptors (Lipinski definition) is 5. The molecule has 7 nitrogen and oxygen atoms in total. The van der Waals surface area contributed by atoms with Crippen LogP contribution in [0.15, 0.2) is 18.6 Å². The molecule has 7 heteroatoms. The minimum Gasteiger partial charge on any atom is -0.346 e. The Morgan fingerprint density at radius 2 is 2.35 bits per heavy atom. The van der Waals surface area contributed by atoms with Gasteiger partial charge >= 0.3 is 0 Å². The molecule has 2 aromatic rings. The number of carbonyl (C=O) groups is 1. The summed E-state index contributed by atoms with van der Waals surface area (Å²) in [6, 6.07) is 0.0818. The van der Waals surface area contributed by atoms with Crippen LogP contribution in [0.3, 0.4) is 0 Å². The van der Waals surface area contributed by atoms with Crippen molar-refractivity contribution < 1.29 is 4.79 Å². The lowest BCUT2D eigenvalue weighted by atomic mass is 10.1. The van der Waals surface area contributed by atoms with Gasteiger partial charge in [0.1, 0.15) is 17.3 Å². The second-order valence-electron chi connectivity index (χ2n) is 4.80. The molecule has 0 saturated heterocycles. The van der Waals surface area contributed by atoms with E-state index < -0.39 is 0 Å². The van der Waals surface area contributed by atoms with Crippen LogP contribution in [0.25, 0.3) is 0 Å². The van der Waals surface area contributed by atoms with Gasteiger partial charge < -0.3 is 9.88 Å². The Morgan fingerprint density at radius 1 is 1.45 bits per heavy atom. The largest absolute Gasteiger partial charge is 0.346 e. The third-order valence-electron chi connectivity index (χ3n) is 3.47. The molecule has 1 aliphatic rings. The van der Waals surface area contributed by atoms with E-state index in [9.17, 15) is 4.79 Å². The fourth-order valence-corrected chi connectivity index (χ4v) is 2.44. The standard InChI is InChI=1S/C13H16N6O/c1-2-11-17-18-12-4-3-9(8-19(11)12)16-13(20)10-7-14-5-6-15-10/h5-7,9H,2-4,8H2,1H3,(H,16,20). The molecular weight excluding hydrogens is 256 g/mol. The van der Waals surface area contributed by atoms with Gasteiger partial charge in [0.2, 0.25) is 0 Å². The van der Waals surface area contributed by atoms with Crippen LogP contribution in [0.5, 0.6) is 0 Å². The zero-order valence-electron chi connectivity index (χ0n) is 11.3. The Morgan fingerprint density at radius 3 is 3.10 bits per heavy atom. The number of carbonyl (C=O) groups excluding carboxylic acids is 1. The maximum Gasteiger partial charge on any atom is 0.271 e. The number of hydrogen-bond donors (Lipinski definition) is 1. The third-order valence-corrected chi connectivity index (χ3v) is 3.47. The van der Waals surface area contributed by atoms with Crippen LogP contribution in [-0.2, 0) is 19.4 Å². The Bertz CT molecular complexity index is 595. The van der Waals surface area contributed by atoms with E-state index in [1.807, 2.05) is 0 Å². The first-order valence-corrected chi connectivity index (χ1v) is 6.75. The maximum atomic E-state index is 12.1. The van der Waals surface area contributed by atoms with Gasteiger partial charge in [0.05, 0.1) is 6.20 Å². The number of rotatable bonds is 3. The molecule has 0 bridgehead atoms. The van der Waals surface area contributed by atoms with Gasteiger partial charge in [0.15, 0.2) is 0 Å². The Balaban J connectivity index is 1.70. The Hall–Kier alpha value is -2.31. The average molecular weight is 272 g/mol. The number of amides is 1. The number of aryl methyl sites for hydroxylation is 2. The number of nitrogens with zero attached hydrogens (tertiary/aromatic N) is 5. The predicted octanol–water partition coefficient (Wildman–Crippen LogP) is 0.375. The first-order valence-electron chi connectivity index (χ1n) is 6.75. The van der Waals surface area contributed by atoms with Crippen LogP contribution in [-0.4, -0.2) is 36.7 Å². The molecule has 0 aliphatic carbocycles. The monoisotopic (exact) mass is 272 g/mol. The predicted molar refractivity (Wildman–Crippen MR) is 71.0 cm³/mol. The van der Waals surface area contributed by atoms with Gasteiger partial charge in [-0.2, -0.15) is 0 Å². The van der Waals surface area contributed by atoms with E-state index >= 15 is 0 Å². The minimum atomic E-state index is -0.183. The lowest BCUT2D eigenvalue weighted by Crippen LogP contribution is -2.41. The van der Waals surface area contributed by atoms with Crippen molar-refractivity contribution in [3.05, 3.63) is 35.9 Å². The Labute approximate surface area is 116 Å². The van der Waals surface area contributed by atoms with Gasteiger partial charge in [-0.05, 0) is 6.42 Å². The maximum absolute atomic E-state index is 12.1. The summed E-state index contributed by atoms with van der Waals surface area (Å²) in [5, 5.41) is 11.3. The van der Waals surface area contributed by atoms with E-state index in [4.69, 9.17) is 0 Å². The molecule has 0 spiro atoms. The second kappa shape index (κ2) is 5.36. The normalized spacial score (nSPS) is 17.6. The molecule has 1 unspecified atom stereocenters. The number of fused-ring (bicyclic) bond motifs is 1. The highest BCUT2D eigenvalue weighted by Crippen LogP contribution is 2.15. The summed E-state index contributed by atoms with van der Waals surface area (Å²) < 4.78 is 2.10. The first kappa shape index (κ1) is 12.7. The number of aromatic nitrogens is 5. The molecule has 2 aromatic heterocycles. The van der Waals surface area contributed by atoms with Crippen molar-refractivity contribution in [1.29, 1.82) is 0 Å². The summed E-state index contributed by atoms with van der Waals surface area (Å²) in [6.07, 6.45) is 7.08. The molecule has 0 radical (unpaired) electrons. The molecular formula is C13H16N6O. The van der Waals surface area contributed by atoms with E-state index in [2.05, 4.69) is 37.0 Å². The molecule has 1 amide bonds. The zero-order chi connectivity index (χ0) is 13.9. The van der Waals surface area contributed by atoms with Crippen molar-refractivity contribution in [2.45, 2.75) is 38.8 Å². The van der Waals surface area contributed by atoms with Crippen LogP contribution >= 0.6 is 0 Å². The molecule has 0 saturated carbocycles. The molecule has 0 aromatic carbocycles. The van der Waals surface area contributed by atoms with Crippen LogP contribution in [0.1, 0.15) is 35.5 Å². The summed E-state index contributed by atoms with van der Waals surface area (Å²) in [5.41, 5.74) is 0.345. The molecule has 1 N–H and O–H groups in total. The Kier molecular flexibility index (Phi) is 3.41. The molecule has 0 fully saturated rings. The van der Waals surface area contributed by atoms with Crippen LogP contribution in [0.2, 0.25) is 0 Å². The van der Waals surface area contributed by atoms with Gasteiger partial charge in [-0.1, -0.05) is 6.92 Å². The molecule has 1 atom stereocenters. The van der Waals surface area contributed by atoms with E-state index in [-0.39, 0.29) is 11.9 Å². The summed E-state index contributed by atoms with van der Waals surface area (Å²) in [4.78, 5) is 20.0. The fraction of sp³-hybridized carbons (Fsp3) is 0.462. The van der Waals surface area contributed by atoms with Crippen LogP contribution in [0, 0.1) is 0 Å². The van der Waals surface area contributed by atoms with Crippen molar-refractivity contribution in [2.75, 3.05) is 0 Å². The lowest BCUT2D eigenvalue weighted by Gasteiger charge is -2.25. The highest BCUT2D eigenvalue weighted by molar-refractivity contribution is 5.92. The average Bonchev–Trinajstić information content (AvgIpc) is 2.90. The van der Waals surface area contributed by atoms with Crippen molar-refractivity contribution in [2.24, 2.45) is 0 Å². The van der Waals surface area contributed by atoms with Crippen molar-refractivity contribution >= 4 is 5.91 Å². The quantitative estimate of drug-likeness (QED) is 0.872. The highest BCUT2D eigenvalue weighted by atomic mass is 16.1. The second-order valence-corrected chi connectivity index (χ2v) is 4.80. The van der Waals surface area contributed by atoms with E-state index in [0.29, 0.717) is 5.69 Å². The van der Waals surface area contributed by atoms with E-state index in [1.54, 1.807) is 6.20 Å². The summed E-state index contributed by atoms with van der Waals surface area (Å²) in [7, 11) is 0. The van der Waals surface area contributed by atoms with Crippen molar-refractivity contribution in [3.8, 4) is 0 Å². The summed E-state index contributed by atoms with van der Waals surface area (Å²) in [6.45, 7) is 2.77. The summed E-state index contributed by atoms with van der Waals surface area (Å²) >= 11 is 0. The van der Waals surface area contributed by atoms with Crippen LogP contribution < -0.4 is 5.32 Å². The van der Waals surface area contributed by atoms with Crippen LogP contribution in [0.4, 0.5) is 0 Å². The van der Waals surface area contributed by atoms with E-state index in [0.717, 1.165) is 37.5 Å². The van der Waals surface area contributed by atoms with Crippen molar-refractivity contribution in [3.63, 3.8) is 0 Å². The first-order chi connectivity index (χ1) is 9.78. The minimum absolute atomic E-state index is 0.0818. The molecule has 20 heavy (non-hydrogen) atoms. The lowest BCUT2D eigenvalue weighted by molar-refractivity contribution is 0.0921. The van der Waals surface area contributed by atoms with Gasteiger partial charge in [0, 0.05) is 37.8 Å². The smallest absolute Gasteiger partial charge is 0.271 e. The molecule has 3 heterocycles. The third kappa shape index (κ3) is 2.38. The van der Waals surface area contributed by atoms with Gasteiger partial charge in [-0.15, -0.1) is 10.2 Å². The molecule has 3 rings (SSSR count). The fourth-order valence-electron chi connectivity index (χ4n) is 2.44. The van der Waals surface area contributed by atoms with Gasteiger partial charge in [-0.3, -0.25) is 9.78 Å². The number of nitrogens with one attached hydrogen (secondary N) is 1. The molecule has 104 valence electrons. The molecule has 1 aliphatic heterocycles.